The molecule has 0 saturated heterocycles. The first-order valence-corrected chi connectivity index (χ1v) is 18.2. The van der Waals surface area contributed by atoms with Crippen LogP contribution in [0.2, 0.25) is 5.02 Å². The van der Waals surface area contributed by atoms with Crippen molar-refractivity contribution in [1.29, 1.82) is 0 Å². The second-order valence-electron chi connectivity index (χ2n) is 9.47. The van der Waals surface area contributed by atoms with Gasteiger partial charge in [0.2, 0.25) is 5.52 Å². The molecule has 0 radical (unpaired) electrons. The normalized spacial score (nSPS) is 15.3. The van der Waals surface area contributed by atoms with Crippen LogP contribution in [0.15, 0.2) is 64.0 Å². The maximum atomic E-state index is 11.2. The zero-order valence-electron chi connectivity index (χ0n) is 22.0. The Kier molecular flexibility index (Phi) is 10.4. The summed E-state index contributed by atoms with van der Waals surface area (Å²) in [6, 6.07) is 13.8. The molecule has 40 heavy (non-hydrogen) atoms. The van der Waals surface area contributed by atoms with E-state index in [1.54, 1.807) is 23.1 Å². The lowest BCUT2D eigenvalue weighted by Gasteiger charge is -2.21. The van der Waals surface area contributed by atoms with Crippen LogP contribution in [0.1, 0.15) is 44.0 Å². The van der Waals surface area contributed by atoms with Gasteiger partial charge in [0.25, 0.3) is 25.2 Å². The van der Waals surface area contributed by atoms with E-state index < -0.39 is 20.2 Å². The molecule has 2 N–H and O–H groups in total. The molecule has 1 aromatic heterocycles. The number of benzene rings is 2. The molecule has 0 amide bonds. The summed E-state index contributed by atoms with van der Waals surface area (Å²) in [6.45, 7) is 3.29. The second kappa shape index (κ2) is 13.4. The molecule has 13 heteroatoms. The number of aromatic nitrogens is 1. The molecule has 1 aliphatic rings. The van der Waals surface area contributed by atoms with Gasteiger partial charge in [0, 0.05) is 35.0 Å². The van der Waals surface area contributed by atoms with Crippen LogP contribution >= 0.6 is 34.7 Å². The molecule has 1 aliphatic heterocycles. The molecule has 2 heterocycles. The highest BCUT2D eigenvalue weighted by Crippen LogP contribution is 2.47. The van der Waals surface area contributed by atoms with Crippen LogP contribution in [0.25, 0.3) is 16.3 Å². The minimum Gasteiger partial charge on any atom is -0.335 e. The third-order valence-corrected chi connectivity index (χ3v) is 10.5. The highest BCUT2D eigenvalue weighted by molar-refractivity contribution is 8.03. The molecule has 0 spiro atoms. The zero-order chi connectivity index (χ0) is 28.9. The van der Waals surface area contributed by atoms with E-state index >= 15 is 0 Å². The van der Waals surface area contributed by atoms with Crippen molar-refractivity contribution < 1.29 is 30.5 Å². The summed E-state index contributed by atoms with van der Waals surface area (Å²) in [5, 5.41) is 2.68. The maximum absolute atomic E-state index is 11.2. The van der Waals surface area contributed by atoms with Crippen LogP contribution < -0.4 is 9.47 Å². The lowest BCUT2D eigenvalue weighted by Crippen LogP contribution is -2.35. The Bertz CT molecular complexity index is 1650. The van der Waals surface area contributed by atoms with Gasteiger partial charge in [0.05, 0.1) is 22.2 Å². The fourth-order valence-electron chi connectivity index (χ4n) is 4.47. The van der Waals surface area contributed by atoms with Crippen molar-refractivity contribution in [2.75, 3.05) is 23.0 Å². The first-order chi connectivity index (χ1) is 18.9. The molecule has 0 atom stereocenters. The molecule has 0 unspecified atom stereocenters. The predicted octanol–water partition coefficient (Wildman–Crippen LogP) is 6.43. The number of rotatable bonds is 13. The Labute approximate surface area is 248 Å². The number of thiazole rings is 1. The molecule has 216 valence electrons. The molecular formula is C27H32ClN2O6S4+. The number of halogens is 1. The van der Waals surface area contributed by atoms with Crippen LogP contribution in [0.3, 0.4) is 0 Å². The zero-order valence-corrected chi connectivity index (χ0v) is 26.0. The highest BCUT2D eigenvalue weighted by atomic mass is 35.5. The Morgan fingerprint density at radius 1 is 1.00 bits per heavy atom. The van der Waals surface area contributed by atoms with Gasteiger partial charge in [-0.25, -0.2) is 0 Å². The number of hydrogen-bond donors (Lipinski definition) is 2. The first kappa shape index (κ1) is 31.0. The van der Waals surface area contributed by atoms with Crippen molar-refractivity contribution in [2.24, 2.45) is 0 Å². The van der Waals surface area contributed by atoms with Gasteiger partial charge >= 0.3 is 0 Å². The van der Waals surface area contributed by atoms with Crippen LogP contribution in [-0.4, -0.2) is 44.0 Å². The third-order valence-electron chi connectivity index (χ3n) is 6.42. The smallest absolute Gasteiger partial charge is 0.264 e. The fourth-order valence-corrected chi connectivity index (χ4v) is 8.09. The largest absolute Gasteiger partial charge is 0.335 e. The van der Waals surface area contributed by atoms with Gasteiger partial charge in [-0.1, -0.05) is 53.8 Å². The van der Waals surface area contributed by atoms with E-state index in [1.807, 2.05) is 30.3 Å². The first-order valence-electron chi connectivity index (χ1n) is 12.9. The van der Waals surface area contributed by atoms with Crippen LogP contribution in [0, 0.1) is 0 Å². The number of fused-ring (bicyclic) bond motifs is 2. The Hall–Kier alpha value is -1.93. The number of para-hydroxylation sites is 1. The van der Waals surface area contributed by atoms with E-state index in [1.165, 1.54) is 0 Å². The summed E-state index contributed by atoms with van der Waals surface area (Å²) in [4.78, 5) is 3.21. The van der Waals surface area contributed by atoms with Gasteiger partial charge in [-0.05, 0) is 61.6 Å². The summed E-state index contributed by atoms with van der Waals surface area (Å²) in [7, 11) is -7.99. The number of nitrogens with zero attached hydrogens (tertiary/aromatic N) is 2. The van der Waals surface area contributed by atoms with E-state index in [-0.39, 0.29) is 11.5 Å². The fraction of sp³-hybridized carbons (Fsp3) is 0.370. The molecule has 8 nitrogen and oxygen atoms in total. The van der Waals surface area contributed by atoms with Gasteiger partial charge in [0.1, 0.15) is 4.70 Å². The molecule has 2 aromatic carbocycles. The van der Waals surface area contributed by atoms with Crippen molar-refractivity contribution in [3.8, 4) is 0 Å². The van der Waals surface area contributed by atoms with Crippen LogP contribution in [0.5, 0.6) is 0 Å². The molecule has 0 bridgehead atoms. The highest BCUT2D eigenvalue weighted by Gasteiger charge is 2.26. The monoisotopic (exact) mass is 643 g/mol. The number of thioether (sulfide) groups is 1. The summed E-state index contributed by atoms with van der Waals surface area (Å²) in [5.41, 5.74) is 3.15. The van der Waals surface area contributed by atoms with E-state index in [0.29, 0.717) is 43.8 Å². The number of unbranched alkanes of at least 4 members (excludes halogenated alkanes) is 2. The second-order valence-corrected chi connectivity index (χ2v) is 15.2. The molecular weight excluding hydrogens is 612 g/mol. The molecule has 0 fully saturated rings. The molecule has 0 aliphatic carbocycles. The SMILES string of the molecule is CCC(/C=C1\Sc2ccc(Cl)cc2N1CCCCS(=O)(=O)O)=C\c1sc2ccccc2[n+]1CCCCS(=O)(=O)O. The minimum absolute atomic E-state index is 0.255. The lowest BCUT2D eigenvalue weighted by molar-refractivity contribution is -0.669. The molecule has 0 saturated carbocycles. The van der Waals surface area contributed by atoms with Crippen molar-refractivity contribution in [3.63, 3.8) is 0 Å². The predicted molar refractivity (Wildman–Crippen MR) is 164 cm³/mol. The van der Waals surface area contributed by atoms with Gasteiger partial charge in [-0.2, -0.15) is 21.4 Å². The standard InChI is InChI=1S/C27H31ClN2O6S4/c1-2-20(17-26-29(13-5-7-15-39(31,32)33)22-9-3-4-10-24(22)37-26)18-27-30(14-6-8-16-40(34,35)36)23-19-21(28)11-12-25(23)38-27/h3-4,9-12,17-19H,2,5-8,13-16H2,1H3,(H-,31,32,33,34,35,36)/p+1. The van der Waals surface area contributed by atoms with Crippen molar-refractivity contribution in [1.82, 2.24) is 0 Å². The van der Waals surface area contributed by atoms with Crippen molar-refractivity contribution >= 4 is 76.9 Å². The summed E-state index contributed by atoms with van der Waals surface area (Å²) >= 11 is 9.61. The number of hydrogen-bond acceptors (Lipinski definition) is 7. The molecule has 3 aromatic rings. The van der Waals surface area contributed by atoms with E-state index in [4.69, 9.17) is 20.7 Å². The number of anilines is 1. The number of aryl methyl sites for hydroxylation is 1. The Balaban J connectivity index is 1.63. The van der Waals surface area contributed by atoms with Gasteiger partial charge in [-0.15, -0.1) is 0 Å². The average Bonchev–Trinajstić information content (AvgIpc) is 3.39. The van der Waals surface area contributed by atoms with Crippen molar-refractivity contribution in [2.45, 2.75) is 50.5 Å². The number of allylic oxidation sites excluding steroid dienone is 2. The van der Waals surface area contributed by atoms with Gasteiger partial charge in [-0.3, -0.25) is 9.11 Å². The maximum Gasteiger partial charge on any atom is 0.264 e. The van der Waals surface area contributed by atoms with Crippen molar-refractivity contribution in [3.05, 3.63) is 69.2 Å². The topological polar surface area (TPSA) is 116 Å². The Morgan fingerprint density at radius 2 is 1.70 bits per heavy atom. The van der Waals surface area contributed by atoms with Gasteiger partial charge in [0.15, 0.2) is 6.54 Å². The average molecular weight is 644 g/mol. The minimum atomic E-state index is -4.00. The quantitative estimate of drug-likeness (QED) is 0.124. The van der Waals surface area contributed by atoms with Crippen LogP contribution in [-0.2, 0) is 26.8 Å². The Morgan fingerprint density at radius 3 is 2.40 bits per heavy atom. The lowest BCUT2D eigenvalue weighted by atomic mass is 10.2. The van der Waals surface area contributed by atoms with Gasteiger partial charge < -0.3 is 4.90 Å². The third kappa shape index (κ3) is 8.54. The summed E-state index contributed by atoms with van der Waals surface area (Å²) in [6.07, 6.45) is 6.98. The summed E-state index contributed by atoms with van der Waals surface area (Å²) < 4.78 is 66.2. The van der Waals surface area contributed by atoms with E-state index in [0.717, 1.165) is 42.8 Å². The van der Waals surface area contributed by atoms with Crippen LogP contribution in [0.4, 0.5) is 5.69 Å². The van der Waals surface area contributed by atoms with E-state index in [2.05, 4.69) is 40.7 Å². The molecule has 4 rings (SSSR count). The summed E-state index contributed by atoms with van der Waals surface area (Å²) in [5.74, 6) is -0.527. The van der Waals surface area contributed by atoms with E-state index in [9.17, 15) is 16.8 Å².